The average Bonchev–Trinajstić information content (AvgIpc) is 3.14. The highest BCUT2D eigenvalue weighted by molar-refractivity contribution is 6.10. The van der Waals surface area contributed by atoms with Gasteiger partial charge >= 0.3 is 12.1 Å². The fourth-order valence-electron chi connectivity index (χ4n) is 3.40. The number of hydrogen-bond donors (Lipinski definition) is 1. The van der Waals surface area contributed by atoms with E-state index in [4.69, 9.17) is 0 Å². The second kappa shape index (κ2) is 6.29. The molecule has 1 unspecified atom stereocenters. The number of carbonyl (C=O) groups excluding carboxylic acids is 1. The Labute approximate surface area is 156 Å². The van der Waals surface area contributed by atoms with Gasteiger partial charge < -0.3 is 5.11 Å². The number of fused-ring (bicyclic) bond motifs is 3. The second-order valence-electron chi connectivity index (χ2n) is 6.35. The summed E-state index contributed by atoms with van der Waals surface area (Å²) in [5.74, 6) is -1.98. The van der Waals surface area contributed by atoms with Gasteiger partial charge in [0.05, 0.1) is 23.0 Å². The van der Waals surface area contributed by atoms with Crippen LogP contribution in [0.3, 0.4) is 0 Å². The highest BCUT2D eigenvalue weighted by atomic mass is 19.4. The first kappa shape index (κ1) is 17.9. The maximum atomic E-state index is 13.1. The highest BCUT2D eigenvalue weighted by Gasteiger charge is 2.43. The second-order valence-corrected chi connectivity index (χ2v) is 6.35. The molecule has 2 aromatic rings. The van der Waals surface area contributed by atoms with Crippen molar-refractivity contribution in [2.45, 2.75) is 12.2 Å². The molecule has 0 saturated carbocycles. The molecule has 0 spiro atoms. The fraction of sp³-hybridized carbons (Fsp3) is 0.158. The van der Waals surface area contributed by atoms with Crippen LogP contribution in [0.25, 0.3) is 11.1 Å². The Morgan fingerprint density at radius 3 is 2.64 bits per heavy atom. The van der Waals surface area contributed by atoms with Crippen molar-refractivity contribution in [1.82, 2.24) is 0 Å². The van der Waals surface area contributed by atoms with E-state index in [1.807, 2.05) is 0 Å². The first-order chi connectivity index (χ1) is 13.3. The number of rotatable bonds is 3. The van der Waals surface area contributed by atoms with E-state index in [2.05, 4.69) is 10.2 Å². The Morgan fingerprint density at radius 1 is 1.18 bits per heavy atom. The molecule has 0 bridgehead atoms. The van der Waals surface area contributed by atoms with Crippen LogP contribution in [-0.2, 0) is 4.79 Å². The molecule has 0 aliphatic carbocycles. The van der Waals surface area contributed by atoms with Crippen LogP contribution in [-0.4, -0.2) is 29.7 Å². The SMILES string of the molecule is O=C(O)c1ccccc1-c1ccc2c(c1)N(CC(F)(F)F)C(=O)C1=CN=NC12. The third-order valence-electron chi connectivity index (χ3n) is 4.59. The lowest BCUT2D eigenvalue weighted by Gasteiger charge is -2.33. The maximum absolute atomic E-state index is 13.1. The van der Waals surface area contributed by atoms with Crippen LogP contribution in [0.5, 0.6) is 0 Å². The Balaban J connectivity index is 1.89. The summed E-state index contributed by atoms with van der Waals surface area (Å²) in [6, 6.07) is 9.95. The zero-order valence-electron chi connectivity index (χ0n) is 14.1. The summed E-state index contributed by atoms with van der Waals surface area (Å²) >= 11 is 0. The summed E-state index contributed by atoms with van der Waals surface area (Å²) in [7, 11) is 0. The molecular weight excluding hydrogens is 375 g/mol. The van der Waals surface area contributed by atoms with Crippen LogP contribution in [0.4, 0.5) is 18.9 Å². The molecule has 1 atom stereocenters. The molecular formula is C19H12F3N3O3. The Morgan fingerprint density at radius 2 is 1.93 bits per heavy atom. The molecule has 142 valence electrons. The summed E-state index contributed by atoms with van der Waals surface area (Å²) in [6.45, 7) is -1.47. The molecule has 9 heteroatoms. The number of carboxylic acids is 1. The van der Waals surface area contributed by atoms with Crippen molar-refractivity contribution in [2.24, 2.45) is 10.2 Å². The number of carbonyl (C=O) groups is 2. The predicted octanol–water partition coefficient (Wildman–Crippen LogP) is 4.35. The number of nitrogens with zero attached hydrogens (tertiary/aromatic N) is 3. The molecule has 4 rings (SSSR count). The van der Waals surface area contributed by atoms with E-state index in [1.165, 1.54) is 18.3 Å². The number of anilines is 1. The van der Waals surface area contributed by atoms with Crippen LogP contribution in [0.15, 0.2) is 64.5 Å². The first-order valence-corrected chi connectivity index (χ1v) is 8.21. The normalized spacial score (nSPS) is 18.0. The third-order valence-corrected chi connectivity index (χ3v) is 4.59. The minimum absolute atomic E-state index is 0.00750. The van der Waals surface area contributed by atoms with E-state index in [0.29, 0.717) is 21.6 Å². The smallest absolute Gasteiger partial charge is 0.406 e. The van der Waals surface area contributed by atoms with Crippen LogP contribution in [0.1, 0.15) is 22.0 Å². The largest absolute Gasteiger partial charge is 0.478 e. The molecule has 0 saturated heterocycles. The Kier molecular flexibility index (Phi) is 4.02. The van der Waals surface area contributed by atoms with E-state index < -0.39 is 30.6 Å². The topological polar surface area (TPSA) is 82.3 Å². The molecule has 1 amide bonds. The predicted molar refractivity (Wildman–Crippen MR) is 92.9 cm³/mol. The van der Waals surface area contributed by atoms with Gasteiger partial charge in [-0.1, -0.05) is 30.3 Å². The zero-order valence-corrected chi connectivity index (χ0v) is 14.1. The monoisotopic (exact) mass is 387 g/mol. The fourth-order valence-corrected chi connectivity index (χ4v) is 3.40. The van der Waals surface area contributed by atoms with Crippen molar-refractivity contribution >= 4 is 17.6 Å². The number of halogens is 3. The number of hydrogen-bond acceptors (Lipinski definition) is 4. The number of aromatic carboxylic acids is 1. The minimum Gasteiger partial charge on any atom is -0.478 e. The van der Waals surface area contributed by atoms with Gasteiger partial charge in [-0.25, -0.2) is 4.79 Å². The molecule has 2 aromatic carbocycles. The molecule has 0 fully saturated rings. The van der Waals surface area contributed by atoms with Crippen LogP contribution in [0, 0.1) is 0 Å². The standard InChI is InChI=1S/C19H12F3N3O3/c20-19(21,22)9-25-15-7-10(11-3-1-2-4-12(11)18(27)28)5-6-13(15)16-14(17(25)26)8-23-24-16/h1-8,16H,9H2,(H,27,28). The highest BCUT2D eigenvalue weighted by Crippen LogP contribution is 2.45. The average molecular weight is 387 g/mol. The number of amides is 1. The van der Waals surface area contributed by atoms with E-state index >= 15 is 0 Å². The van der Waals surface area contributed by atoms with Crippen LogP contribution >= 0.6 is 0 Å². The van der Waals surface area contributed by atoms with Crippen LogP contribution in [0.2, 0.25) is 0 Å². The molecule has 1 N–H and O–H groups in total. The van der Waals surface area contributed by atoms with Crippen molar-refractivity contribution in [3.8, 4) is 11.1 Å². The van der Waals surface area contributed by atoms with Crippen LogP contribution < -0.4 is 4.90 Å². The van der Waals surface area contributed by atoms with Gasteiger partial charge in [0, 0.05) is 5.56 Å². The van der Waals surface area contributed by atoms with Gasteiger partial charge in [-0.15, -0.1) is 0 Å². The molecule has 2 heterocycles. The van der Waals surface area contributed by atoms with Gasteiger partial charge in [-0.05, 0) is 23.3 Å². The van der Waals surface area contributed by atoms with E-state index in [1.54, 1.807) is 30.3 Å². The first-order valence-electron chi connectivity index (χ1n) is 8.21. The number of azo groups is 1. The molecule has 2 aliphatic rings. The van der Waals surface area contributed by atoms with Gasteiger partial charge in [-0.3, -0.25) is 9.69 Å². The molecule has 28 heavy (non-hydrogen) atoms. The third kappa shape index (κ3) is 2.94. The van der Waals surface area contributed by atoms with E-state index in [0.717, 1.165) is 0 Å². The molecule has 0 radical (unpaired) electrons. The summed E-state index contributed by atoms with van der Waals surface area (Å²) < 4.78 is 39.3. The lowest BCUT2D eigenvalue weighted by atomic mass is 9.89. The van der Waals surface area contributed by atoms with Gasteiger partial charge in [0.2, 0.25) is 0 Å². The lowest BCUT2D eigenvalue weighted by Crippen LogP contribution is -2.43. The summed E-state index contributed by atoms with van der Waals surface area (Å²) in [6.07, 6.45) is -3.44. The number of carboxylic acid groups (broad SMARTS) is 1. The summed E-state index contributed by atoms with van der Waals surface area (Å²) in [5, 5.41) is 17.0. The van der Waals surface area contributed by atoms with Gasteiger partial charge in [0.25, 0.3) is 5.91 Å². The van der Waals surface area contributed by atoms with Crippen molar-refractivity contribution in [1.29, 1.82) is 0 Å². The zero-order chi connectivity index (χ0) is 20.1. The van der Waals surface area contributed by atoms with Gasteiger partial charge in [0.15, 0.2) is 0 Å². The number of alkyl halides is 3. The summed E-state index contributed by atoms with van der Waals surface area (Å²) in [4.78, 5) is 24.7. The van der Waals surface area contributed by atoms with Crippen molar-refractivity contribution in [3.63, 3.8) is 0 Å². The van der Waals surface area contributed by atoms with Gasteiger partial charge in [-0.2, -0.15) is 23.4 Å². The molecule has 6 nitrogen and oxygen atoms in total. The number of benzene rings is 2. The van der Waals surface area contributed by atoms with Gasteiger partial charge in [0.1, 0.15) is 12.6 Å². The van der Waals surface area contributed by atoms with E-state index in [-0.39, 0.29) is 16.8 Å². The Bertz CT molecular complexity index is 1060. The van der Waals surface area contributed by atoms with Crippen molar-refractivity contribution in [2.75, 3.05) is 11.4 Å². The molecule has 2 aliphatic heterocycles. The van der Waals surface area contributed by atoms with E-state index in [9.17, 15) is 27.9 Å². The molecule has 0 aromatic heterocycles. The van der Waals surface area contributed by atoms with Crippen molar-refractivity contribution in [3.05, 3.63) is 65.4 Å². The minimum atomic E-state index is -4.61. The Hall–Kier alpha value is -3.49. The lowest BCUT2D eigenvalue weighted by molar-refractivity contribution is -0.130. The quantitative estimate of drug-likeness (QED) is 0.850. The van der Waals surface area contributed by atoms with Crippen molar-refractivity contribution < 1.29 is 27.9 Å². The maximum Gasteiger partial charge on any atom is 0.406 e. The summed E-state index contributed by atoms with van der Waals surface area (Å²) in [5.41, 5.74) is 1.27.